The highest BCUT2D eigenvalue weighted by Crippen LogP contribution is 2.11. The number of benzene rings is 1. The smallest absolute Gasteiger partial charge is 0.248 e. The molecule has 2 rings (SSSR count). The third-order valence-electron chi connectivity index (χ3n) is 3.98. The van der Waals surface area contributed by atoms with Gasteiger partial charge in [0.05, 0.1) is 12.7 Å². The van der Waals surface area contributed by atoms with E-state index in [9.17, 15) is 4.79 Å². The first-order valence-electron chi connectivity index (χ1n) is 7.54. The summed E-state index contributed by atoms with van der Waals surface area (Å²) < 4.78 is 5.76. The van der Waals surface area contributed by atoms with Gasteiger partial charge in [0.15, 0.2) is 0 Å². The van der Waals surface area contributed by atoms with Crippen LogP contribution in [0, 0.1) is 6.92 Å². The average Bonchev–Trinajstić information content (AvgIpc) is 2.49. The van der Waals surface area contributed by atoms with E-state index in [4.69, 9.17) is 10.5 Å². The van der Waals surface area contributed by atoms with Gasteiger partial charge in [0.1, 0.15) is 0 Å². The largest absolute Gasteiger partial charge is 0.374 e. The average molecular weight is 291 g/mol. The summed E-state index contributed by atoms with van der Waals surface area (Å²) in [5, 5.41) is 3.44. The Bertz CT molecular complexity index is 490. The Morgan fingerprint density at radius 3 is 3.00 bits per heavy atom. The first-order chi connectivity index (χ1) is 10.1. The normalized spacial score (nSPS) is 19.6. The number of hydrogen-bond acceptors (Lipinski definition) is 4. The van der Waals surface area contributed by atoms with E-state index >= 15 is 0 Å². The van der Waals surface area contributed by atoms with Crippen LogP contribution in [0.3, 0.4) is 0 Å². The van der Waals surface area contributed by atoms with Gasteiger partial charge in [0.25, 0.3) is 0 Å². The SMILES string of the molecule is CCN1CCOC(CNCc2ccc(C(N)=O)cc2C)C1. The van der Waals surface area contributed by atoms with Crippen LogP contribution < -0.4 is 11.1 Å². The van der Waals surface area contributed by atoms with Crippen molar-refractivity contribution in [1.82, 2.24) is 10.2 Å². The fraction of sp³-hybridized carbons (Fsp3) is 0.562. The van der Waals surface area contributed by atoms with E-state index in [1.54, 1.807) is 6.07 Å². The lowest BCUT2D eigenvalue weighted by Crippen LogP contribution is -2.46. The summed E-state index contributed by atoms with van der Waals surface area (Å²) in [6.45, 7) is 9.70. The Kier molecular flexibility index (Phi) is 5.73. The first kappa shape index (κ1) is 15.9. The maximum Gasteiger partial charge on any atom is 0.248 e. The van der Waals surface area contributed by atoms with Gasteiger partial charge >= 0.3 is 0 Å². The van der Waals surface area contributed by atoms with Crippen molar-refractivity contribution < 1.29 is 9.53 Å². The first-order valence-corrected chi connectivity index (χ1v) is 7.54. The van der Waals surface area contributed by atoms with Crippen LogP contribution in [0.25, 0.3) is 0 Å². The van der Waals surface area contributed by atoms with Crippen LogP contribution in [0.1, 0.15) is 28.4 Å². The minimum absolute atomic E-state index is 0.254. The number of likely N-dealkylation sites (N-methyl/N-ethyl adjacent to an activating group) is 1. The molecule has 5 heteroatoms. The number of nitrogens with two attached hydrogens (primary N) is 1. The van der Waals surface area contributed by atoms with Crippen molar-refractivity contribution in [3.05, 3.63) is 34.9 Å². The van der Waals surface area contributed by atoms with Gasteiger partial charge in [0.2, 0.25) is 5.91 Å². The van der Waals surface area contributed by atoms with Crippen LogP contribution in [-0.4, -0.2) is 49.7 Å². The summed E-state index contributed by atoms with van der Waals surface area (Å²) in [5.74, 6) is -0.382. The molecule has 116 valence electrons. The second-order valence-electron chi connectivity index (χ2n) is 5.52. The molecule has 1 aliphatic rings. The van der Waals surface area contributed by atoms with E-state index in [0.29, 0.717) is 5.56 Å². The quantitative estimate of drug-likeness (QED) is 0.817. The van der Waals surface area contributed by atoms with Gasteiger partial charge in [-0.1, -0.05) is 13.0 Å². The Balaban J connectivity index is 1.82. The number of ether oxygens (including phenoxy) is 1. The molecule has 1 unspecified atom stereocenters. The lowest BCUT2D eigenvalue weighted by Gasteiger charge is -2.32. The van der Waals surface area contributed by atoms with E-state index in [-0.39, 0.29) is 12.0 Å². The maximum absolute atomic E-state index is 11.1. The van der Waals surface area contributed by atoms with Gasteiger partial charge < -0.3 is 15.8 Å². The van der Waals surface area contributed by atoms with Gasteiger partial charge in [-0.3, -0.25) is 9.69 Å². The van der Waals surface area contributed by atoms with E-state index in [1.165, 1.54) is 5.56 Å². The minimum Gasteiger partial charge on any atom is -0.374 e. The van der Waals surface area contributed by atoms with Crippen molar-refractivity contribution in [3.8, 4) is 0 Å². The molecule has 0 aliphatic carbocycles. The van der Waals surface area contributed by atoms with Crippen LogP contribution in [0.5, 0.6) is 0 Å². The zero-order chi connectivity index (χ0) is 15.2. The summed E-state index contributed by atoms with van der Waals surface area (Å²) in [7, 11) is 0. The number of carbonyl (C=O) groups excluding carboxylic acids is 1. The molecule has 1 atom stereocenters. The summed E-state index contributed by atoms with van der Waals surface area (Å²) in [6, 6.07) is 5.58. The standard InChI is InChI=1S/C16H25N3O2/c1-3-19-6-7-21-15(11-19)10-18-9-14-5-4-13(16(17)20)8-12(14)2/h4-5,8,15,18H,3,6-7,9-11H2,1-2H3,(H2,17,20). The Hall–Kier alpha value is -1.43. The summed E-state index contributed by atoms with van der Waals surface area (Å²) in [5.41, 5.74) is 8.11. The molecule has 0 saturated carbocycles. The predicted molar refractivity (Wildman–Crippen MR) is 83.3 cm³/mol. The summed E-state index contributed by atoms with van der Waals surface area (Å²) in [4.78, 5) is 13.5. The van der Waals surface area contributed by atoms with Crippen LogP contribution in [0.4, 0.5) is 0 Å². The molecule has 1 saturated heterocycles. The van der Waals surface area contributed by atoms with Crippen molar-refractivity contribution in [2.75, 3.05) is 32.8 Å². The molecule has 3 N–H and O–H groups in total. The molecule has 1 aromatic carbocycles. The van der Waals surface area contributed by atoms with Crippen molar-refractivity contribution in [2.45, 2.75) is 26.5 Å². The molecule has 21 heavy (non-hydrogen) atoms. The predicted octanol–water partition coefficient (Wildman–Crippen LogP) is 0.904. The molecule has 0 aromatic heterocycles. The van der Waals surface area contributed by atoms with E-state index < -0.39 is 0 Å². The monoisotopic (exact) mass is 291 g/mol. The Morgan fingerprint density at radius 2 is 2.33 bits per heavy atom. The van der Waals surface area contributed by atoms with E-state index in [1.807, 2.05) is 19.1 Å². The number of amides is 1. The lowest BCUT2D eigenvalue weighted by molar-refractivity contribution is -0.0253. The number of rotatable bonds is 6. The zero-order valence-corrected chi connectivity index (χ0v) is 12.9. The van der Waals surface area contributed by atoms with E-state index in [2.05, 4.69) is 17.1 Å². The zero-order valence-electron chi connectivity index (χ0n) is 12.9. The fourth-order valence-electron chi connectivity index (χ4n) is 2.61. The number of morpholine rings is 1. The minimum atomic E-state index is -0.382. The number of carbonyl (C=O) groups is 1. The number of hydrogen-bond donors (Lipinski definition) is 2. The highest BCUT2D eigenvalue weighted by molar-refractivity contribution is 5.93. The molecule has 1 aliphatic heterocycles. The topological polar surface area (TPSA) is 67.6 Å². The van der Waals surface area contributed by atoms with Gasteiger partial charge in [-0.15, -0.1) is 0 Å². The number of primary amides is 1. The fourth-order valence-corrected chi connectivity index (χ4v) is 2.61. The molecule has 1 amide bonds. The number of nitrogens with one attached hydrogen (secondary N) is 1. The third kappa shape index (κ3) is 4.52. The second kappa shape index (κ2) is 7.54. The van der Waals surface area contributed by atoms with Gasteiger partial charge in [0, 0.05) is 31.7 Å². The molecule has 1 aromatic rings. The summed E-state index contributed by atoms with van der Waals surface area (Å²) >= 11 is 0. The molecule has 1 fully saturated rings. The van der Waals surface area contributed by atoms with Gasteiger partial charge in [-0.25, -0.2) is 0 Å². The van der Waals surface area contributed by atoms with Crippen molar-refractivity contribution in [2.24, 2.45) is 5.73 Å². The Labute approximate surface area is 126 Å². The highest BCUT2D eigenvalue weighted by Gasteiger charge is 2.18. The molecule has 5 nitrogen and oxygen atoms in total. The van der Waals surface area contributed by atoms with Crippen molar-refractivity contribution in [3.63, 3.8) is 0 Å². The molecule has 0 spiro atoms. The van der Waals surface area contributed by atoms with Crippen molar-refractivity contribution in [1.29, 1.82) is 0 Å². The van der Waals surface area contributed by atoms with Crippen molar-refractivity contribution >= 4 is 5.91 Å². The van der Waals surface area contributed by atoms with Crippen LogP contribution in [0.15, 0.2) is 18.2 Å². The highest BCUT2D eigenvalue weighted by atomic mass is 16.5. The lowest BCUT2D eigenvalue weighted by atomic mass is 10.0. The molecule has 0 radical (unpaired) electrons. The molecular formula is C16H25N3O2. The third-order valence-corrected chi connectivity index (χ3v) is 3.98. The van der Waals surface area contributed by atoms with Crippen LogP contribution in [-0.2, 0) is 11.3 Å². The maximum atomic E-state index is 11.1. The summed E-state index contributed by atoms with van der Waals surface area (Å²) in [6.07, 6.45) is 0.254. The van der Waals surface area contributed by atoms with Gasteiger partial charge in [-0.05, 0) is 36.7 Å². The molecular weight excluding hydrogens is 266 g/mol. The number of nitrogens with zero attached hydrogens (tertiary/aromatic N) is 1. The molecule has 0 bridgehead atoms. The molecule has 1 heterocycles. The van der Waals surface area contributed by atoms with E-state index in [0.717, 1.165) is 44.9 Å². The Morgan fingerprint density at radius 1 is 1.52 bits per heavy atom. The van der Waals surface area contributed by atoms with Gasteiger partial charge in [-0.2, -0.15) is 0 Å². The van der Waals surface area contributed by atoms with Crippen LogP contribution in [0.2, 0.25) is 0 Å². The van der Waals surface area contributed by atoms with Crippen LogP contribution >= 0.6 is 0 Å². The number of aryl methyl sites for hydroxylation is 1. The second-order valence-corrected chi connectivity index (χ2v) is 5.52.